The van der Waals surface area contributed by atoms with Crippen molar-refractivity contribution in [3.8, 4) is 11.5 Å². The Morgan fingerprint density at radius 2 is 1.62 bits per heavy atom. The summed E-state index contributed by atoms with van der Waals surface area (Å²) in [5.41, 5.74) is 1.85. The summed E-state index contributed by atoms with van der Waals surface area (Å²) in [6, 6.07) is 3.01. The van der Waals surface area contributed by atoms with Gasteiger partial charge in [0.2, 0.25) is 0 Å². The first-order chi connectivity index (χ1) is 15.2. The molecule has 1 aromatic carbocycles. The fraction of sp³-hybridized carbons (Fsp3) is 0.409. The molecule has 0 atom stereocenters. The van der Waals surface area contributed by atoms with Crippen molar-refractivity contribution in [2.45, 2.75) is 13.8 Å². The number of rotatable bonds is 9. The Kier molecular flexibility index (Phi) is 8.25. The Hall–Kier alpha value is -3.53. The highest BCUT2D eigenvalue weighted by atomic mass is 16.6. The van der Waals surface area contributed by atoms with Crippen LogP contribution in [0.25, 0.3) is 0 Å². The minimum Gasteiger partial charge on any atom is -0.493 e. The first kappa shape index (κ1) is 24.7. The predicted octanol–water partition coefficient (Wildman–Crippen LogP) is 2.41. The zero-order valence-electron chi connectivity index (χ0n) is 19.4. The van der Waals surface area contributed by atoms with Crippen molar-refractivity contribution >= 4 is 23.5 Å². The molecule has 2 rings (SSSR count). The van der Waals surface area contributed by atoms with E-state index in [9.17, 15) is 14.4 Å². The number of carbonyl (C=O) groups excluding carboxylic acids is 3. The SMILES string of the molecule is COCCOC(=O)c1c(C)[nH]c(C(=O)Nc2cc(OC)c(OC)cc2C(=O)N(C)C)c1C. The molecule has 2 aromatic rings. The maximum Gasteiger partial charge on any atom is 0.340 e. The summed E-state index contributed by atoms with van der Waals surface area (Å²) in [6.07, 6.45) is 0. The van der Waals surface area contributed by atoms with Crippen LogP contribution < -0.4 is 14.8 Å². The number of aryl methyl sites for hydroxylation is 1. The van der Waals surface area contributed by atoms with Gasteiger partial charge in [0.25, 0.3) is 11.8 Å². The normalized spacial score (nSPS) is 10.5. The van der Waals surface area contributed by atoms with Crippen molar-refractivity contribution < 1.29 is 33.3 Å². The molecule has 1 aromatic heterocycles. The second-order valence-corrected chi connectivity index (χ2v) is 7.16. The lowest BCUT2D eigenvalue weighted by Crippen LogP contribution is -2.24. The Bertz CT molecular complexity index is 1010. The van der Waals surface area contributed by atoms with Gasteiger partial charge in [0, 0.05) is 33.0 Å². The van der Waals surface area contributed by atoms with Crippen molar-refractivity contribution in [1.29, 1.82) is 0 Å². The molecular formula is C22H29N3O7. The van der Waals surface area contributed by atoms with E-state index in [1.807, 2.05) is 0 Å². The number of nitrogens with zero attached hydrogens (tertiary/aromatic N) is 1. The van der Waals surface area contributed by atoms with E-state index in [-0.39, 0.29) is 41.6 Å². The minimum absolute atomic E-state index is 0.0998. The molecule has 0 aliphatic rings. The molecule has 2 N–H and O–H groups in total. The molecule has 10 heteroatoms. The highest BCUT2D eigenvalue weighted by Crippen LogP contribution is 2.34. The lowest BCUT2D eigenvalue weighted by atomic mass is 10.1. The monoisotopic (exact) mass is 447 g/mol. The summed E-state index contributed by atoms with van der Waals surface area (Å²) in [5, 5.41) is 2.74. The van der Waals surface area contributed by atoms with Gasteiger partial charge in [-0.2, -0.15) is 0 Å². The van der Waals surface area contributed by atoms with Gasteiger partial charge in [0.05, 0.1) is 37.6 Å². The van der Waals surface area contributed by atoms with E-state index in [0.717, 1.165) is 0 Å². The Labute approximate surface area is 186 Å². The highest BCUT2D eigenvalue weighted by Gasteiger charge is 2.25. The van der Waals surface area contributed by atoms with Gasteiger partial charge in [0.15, 0.2) is 11.5 Å². The van der Waals surface area contributed by atoms with Gasteiger partial charge in [-0.3, -0.25) is 9.59 Å². The van der Waals surface area contributed by atoms with Gasteiger partial charge < -0.3 is 34.1 Å². The number of nitrogens with one attached hydrogen (secondary N) is 2. The van der Waals surface area contributed by atoms with Crippen molar-refractivity contribution in [2.24, 2.45) is 0 Å². The van der Waals surface area contributed by atoms with Crippen molar-refractivity contribution in [3.63, 3.8) is 0 Å². The number of H-pyrrole nitrogens is 1. The molecule has 32 heavy (non-hydrogen) atoms. The van der Waals surface area contributed by atoms with Crippen LogP contribution >= 0.6 is 0 Å². The van der Waals surface area contributed by atoms with E-state index in [4.69, 9.17) is 18.9 Å². The average Bonchev–Trinajstić information content (AvgIpc) is 3.06. The van der Waals surface area contributed by atoms with Crippen LogP contribution in [0.3, 0.4) is 0 Å². The number of carbonyl (C=O) groups is 3. The van der Waals surface area contributed by atoms with E-state index >= 15 is 0 Å². The van der Waals surface area contributed by atoms with E-state index in [1.165, 1.54) is 38.4 Å². The Balaban J connectivity index is 2.41. The first-order valence-corrected chi connectivity index (χ1v) is 9.80. The summed E-state index contributed by atoms with van der Waals surface area (Å²) >= 11 is 0. The minimum atomic E-state index is -0.554. The second-order valence-electron chi connectivity index (χ2n) is 7.16. The van der Waals surface area contributed by atoms with Gasteiger partial charge in [-0.15, -0.1) is 0 Å². The predicted molar refractivity (Wildman–Crippen MR) is 118 cm³/mol. The molecule has 0 unspecified atom stereocenters. The van der Waals surface area contributed by atoms with Crippen molar-refractivity contribution in [3.05, 3.63) is 40.2 Å². The number of hydrogen-bond acceptors (Lipinski definition) is 7. The van der Waals surface area contributed by atoms with Gasteiger partial charge >= 0.3 is 5.97 Å². The first-order valence-electron chi connectivity index (χ1n) is 9.80. The molecule has 0 bridgehead atoms. The third-order valence-corrected chi connectivity index (χ3v) is 4.80. The Morgan fingerprint density at radius 3 is 2.19 bits per heavy atom. The number of benzene rings is 1. The largest absolute Gasteiger partial charge is 0.493 e. The van der Waals surface area contributed by atoms with E-state index in [2.05, 4.69) is 10.3 Å². The Morgan fingerprint density at radius 1 is 1.00 bits per heavy atom. The van der Waals surface area contributed by atoms with Crippen LogP contribution in [-0.2, 0) is 9.47 Å². The van der Waals surface area contributed by atoms with Crippen LogP contribution in [-0.4, -0.2) is 76.3 Å². The number of anilines is 1. The molecule has 174 valence electrons. The fourth-order valence-corrected chi connectivity index (χ4v) is 3.16. The van der Waals surface area contributed by atoms with Crippen LogP contribution in [0.4, 0.5) is 5.69 Å². The summed E-state index contributed by atoms with van der Waals surface area (Å²) in [4.78, 5) is 42.5. The molecule has 10 nitrogen and oxygen atoms in total. The number of esters is 1. The molecule has 1 heterocycles. The maximum atomic E-state index is 13.1. The number of aromatic nitrogens is 1. The van der Waals surface area contributed by atoms with E-state index in [1.54, 1.807) is 27.9 Å². The van der Waals surface area contributed by atoms with Crippen LogP contribution in [0.5, 0.6) is 11.5 Å². The van der Waals surface area contributed by atoms with Crippen LogP contribution in [0.2, 0.25) is 0 Å². The third kappa shape index (κ3) is 5.20. The van der Waals surface area contributed by atoms with E-state index in [0.29, 0.717) is 22.8 Å². The number of methoxy groups -OCH3 is 3. The molecule has 0 saturated carbocycles. The van der Waals surface area contributed by atoms with Crippen molar-refractivity contribution in [2.75, 3.05) is 54.0 Å². The quantitative estimate of drug-likeness (QED) is 0.447. The van der Waals surface area contributed by atoms with Gasteiger partial charge in [-0.05, 0) is 25.5 Å². The lowest BCUT2D eigenvalue weighted by molar-refractivity contribution is 0.0386. The molecule has 2 amide bonds. The number of hydrogen-bond donors (Lipinski definition) is 2. The van der Waals surface area contributed by atoms with Gasteiger partial charge in [0.1, 0.15) is 12.3 Å². The number of amides is 2. The standard InChI is InChI=1S/C22H29N3O7/c1-12-18(22(28)32-9-8-29-5)13(2)23-19(12)20(26)24-15-11-17(31-7)16(30-6)10-14(15)21(27)25(3)4/h10-11,23H,8-9H2,1-7H3,(H,24,26). The fourth-order valence-electron chi connectivity index (χ4n) is 3.16. The molecule has 0 radical (unpaired) electrons. The molecular weight excluding hydrogens is 418 g/mol. The van der Waals surface area contributed by atoms with E-state index < -0.39 is 11.9 Å². The topological polar surface area (TPSA) is 119 Å². The maximum absolute atomic E-state index is 13.1. The number of aromatic amines is 1. The van der Waals surface area contributed by atoms with Gasteiger partial charge in [-0.1, -0.05) is 0 Å². The smallest absolute Gasteiger partial charge is 0.340 e. The zero-order valence-corrected chi connectivity index (χ0v) is 19.4. The second kappa shape index (κ2) is 10.7. The molecule has 0 spiro atoms. The molecule has 0 aliphatic heterocycles. The number of ether oxygens (including phenoxy) is 4. The van der Waals surface area contributed by atoms with Crippen LogP contribution in [0.1, 0.15) is 42.5 Å². The summed E-state index contributed by atoms with van der Waals surface area (Å²) < 4.78 is 20.6. The third-order valence-electron chi connectivity index (χ3n) is 4.80. The lowest BCUT2D eigenvalue weighted by Gasteiger charge is -2.18. The zero-order chi connectivity index (χ0) is 24.0. The highest BCUT2D eigenvalue weighted by molar-refractivity contribution is 6.10. The average molecular weight is 447 g/mol. The van der Waals surface area contributed by atoms with Gasteiger partial charge in [-0.25, -0.2) is 4.79 Å². The molecule has 0 saturated heterocycles. The van der Waals surface area contributed by atoms with Crippen LogP contribution in [0, 0.1) is 13.8 Å². The molecule has 0 aliphatic carbocycles. The summed E-state index contributed by atoms with van der Waals surface area (Å²) in [6.45, 7) is 3.69. The van der Waals surface area contributed by atoms with Crippen LogP contribution in [0.15, 0.2) is 12.1 Å². The summed E-state index contributed by atoms with van der Waals surface area (Å²) in [5.74, 6) is -0.713. The molecule has 0 fully saturated rings. The summed E-state index contributed by atoms with van der Waals surface area (Å²) in [7, 11) is 7.62. The van der Waals surface area contributed by atoms with Crippen molar-refractivity contribution in [1.82, 2.24) is 9.88 Å².